The Bertz CT molecular complexity index is 395. The first-order valence-corrected chi connectivity index (χ1v) is 7.28. The Balaban J connectivity index is 1.94. The van der Waals surface area contributed by atoms with E-state index in [-0.39, 0.29) is 6.10 Å². The van der Waals surface area contributed by atoms with Crippen LogP contribution in [0.25, 0.3) is 0 Å². The largest absolute Gasteiger partial charge is 0.474 e. The van der Waals surface area contributed by atoms with E-state index in [0.717, 1.165) is 44.7 Å². The molecule has 0 aliphatic carbocycles. The number of hydrogen-bond donors (Lipinski definition) is 1. The second-order valence-corrected chi connectivity index (χ2v) is 5.09. The molecule has 4 nitrogen and oxygen atoms in total. The molecule has 0 radical (unpaired) electrons. The molecule has 5 heteroatoms. The van der Waals surface area contributed by atoms with E-state index in [2.05, 4.69) is 17.2 Å². The zero-order chi connectivity index (χ0) is 13.5. The fourth-order valence-corrected chi connectivity index (χ4v) is 2.17. The molecule has 1 N–H and O–H groups in total. The van der Waals surface area contributed by atoms with Gasteiger partial charge in [0.05, 0.1) is 23.9 Å². The summed E-state index contributed by atoms with van der Waals surface area (Å²) in [7, 11) is 0. The van der Waals surface area contributed by atoms with Crippen LogP contribution in [0.15, 0.2) is 12.1 Å². The second-order valence-electron chi connectivity index (χ2n) is 4.68. The van der Waals surface area contributed by atoms with E-state index in [4.69, 9.17) is 21.1 Å². The van der Waals surface area contributed by atoms with Crippen molar-refractivity contribution in [3.63, 3.8) is 0 Å². The minimum Gasteiger partial charge on any atom is -0.474 e. The average molecular weight is 285 g/mol. The number of nitrogens with zero attached hydrogens (tertiary/aromatic N) is 1. The molecule has 0 saturated carbocycles. The summed E-state index contributed by atoms with van der Waals surface area (Å²) >= 11 is 6.14. The fraction of sp³-hybridized carbons (Fsp3) is 0.643. The molecule has 0 spiro atoms. The Morgan fingerprint density at radius 3 is 2.95 bits per heavy atom. The molecule has 1 aromatic heterocycles. The van der Waals surface area contributed by atoms with Crippen LogP contribution in [0.2, 0.25) is 5.02 Å². The minimum atomic E-state index is 0.207. The van der Waals surface area contributed by atoms with Gasteiger partial charge in [0, 0.05) is 25.5 Å². The lowest BCUT2D eigenvalue weighted by Gasteiger charge is -2.23. The average Bonchev–Trinajstić information content (AvgIpc) is 2.44. The molecule has 1 aliphatic heterocycles. The topological polar surface area (TPSA) is 43.4 Å². The monoisotopic (exact) mass is 284 g/mol. The third-order valence-corrected chi connectivity index (χ3v) is 3.41. The molecule has 1 aliphatic rings. The normalized spacial score (nSPS) is 16.5. The molecule has 0 bridgehead atoms. The van der Waals surface area contributed by atoms with E-state index < -0.39 is 0 Å². The van der Waals surface area contributed by atoms with E-state index in [1.54, 1.807) is 0 Å². The van der Waals surface area contributed by atoms with Gasteiger partial charge in [-0.2, -0.15) is 0 Å². The lowest BCUT2D eigenvalue weighted by atomic mass is 10.1. The van der Waals surface area contributed by atoms with Gasteiger partial charge in [0.1, 0.15) is 6.10 Å². The highest BCUT2D eigenvalue weighted by Crippen LogP contribution is 2.21. The summed E-state index contributed by atoms with van der Waals surface area (Å²) in [5.41, 5.74) is 0.847. The van der Waals surface area contributed by atoms with E-state index in [1.165, 1.54) is 0 Å². The molecule has 0 unspecified atom stereocenters. The van der Waals surface area contributed by atoms with Crippen LogP contribution in [0.5, 0.6) is 5.88 Å². The maximum atomic E-state index is 6.14. The highest BCUT2D eigenvalue weighted by molar-refractivity contribution is 6.31. The van der Waals surface area contributed by atoms with Crippen LogP contribution in [-0.4, -0.2) is 30.8 Å². The van der Waals surface area contributed by atoms with Crippen molar-refractivity contribution < 1.29 is 9.47 Å². The van der Waals surface area contributed by atoms with Crippen molar-refractivity contribution in [3.05, 3.63) is 22.8 Å². The van der Waals surface area contributed by atoms with Gasteiger partial charge in [-0.15, -0.1) is 0 Å². The standard InChI is InChI=1S/C14H21ClN2O2/c1-2-7-16-10-13-12(15)3-4-14(17-13)19-11-5-8-18-9-6-11/h3-4,11,16H,2,5-10H2,1H3. The summed E-state index contributed by atoms with van der Waals surface area (Å²) in [5.74, 6) is 0.657. The first-order valence-electron chi connectivity index (χ1n) is 6.90. The summed E-state index contributed by atoms with van der Waals surface area (Å²) in [6, 6.07) is 3.69. The zero-order valence-electron chi connectivity index (χ0n) is 11.3. The molecule has 0 aromatic carbocycles. The Morgan fingerprint density at radius 1 is 1.42 bits per heavy atom. The molecule has 106 valence electrons. The smallest absolute Gasteiger partial charge is 0.213 e. The first-order chi connectivity index (χ1) is 9.29. The van der Waals surface area contributed by atoms with E-state index in [9.17, 15) is 0 Å². The van der Waals surface area contributed by atoms with Gasteiger partial charge in [0.25, 0.3) is 0 Å². The number of ether oxygens (including phenoxy) is 2. The molecule has 19 heavy (non-hydrogen) atoms. The number of hydrogen-bond acceptors (Lipinski definition) is 4. The van der Waals surface area contributed by atoms with Crippen molar-refractivity contribution in [3.8, 4) is 5.88 Å². The van der Waals surface area contributed by atoms with Crippen LogP contribution < -0.4 is 10.1 Å². The summed E-state index contributed by atoms with van der Waals surface area (Å²) in [5, 5.41) is 3.98. The molecule has 0 atom stereocenters. The number of nitrogens with one attached hydrogen (secondary N) is 1. The molecule has 2 rings (SSSR count). The van der Waals surface area contributed by atoms with Gasteiger partial charge in [-0.25, -0.2) is 4.98 Å². The van der Waals surface area contributed by atoms with Crippen molar-refractivity contribution in [2.75, 3.05) is 19.8 Å². The highest BCUT2D eigenvalue weighted by atomic mass is 35.5. The van der Waals surface area contributed by atoms with Crippen molar-refractivity contribution >= 4 is 11.6 Å². The Hall–Kier alpha value is -0.840. The maximum absolute atomic E-state index is 6.14. The minimum absolute atomic E-state index is 0.207. The summed E-state index contributed by atoms with van der Waals surface area (Å²) < 4.78 is 11.2. The number of aromatic nitrogens is 1. The fourth-order valence-electron chi connectivity index (χ4n) is 2.00. The molecule has 1 saturated heterocycles. The van der Waals surface area contributed by atoms with Crippen molar-refractivity contribution in [2.24, 2.45) is 0 Å². The quantitative estimate of drug-likeness (QED) is 0.816. The molecular formula is C14H21ClN2O2. The summed E-state index contributed by atoms with van der Waals surface area (Å²) in [6.07, 6.45) is 3.15. The van der Waals surface area contributed by atoms with Gasteiger partial charge < -0.3 is 14.8 Å². The van der Waals surface area contributed by atoms with Crippen LogP contribution in [0.1, 0.15) is 31.9 Å². The van der Waals surface area contributed by atoms with Crippen LogP contribution in [0, 0.1) is 0 Å². The van der Waals surface area contributed by atoms with Gasteiger partial charge >= 0.3 is 0 Å². The van der Waals surface area contributed by atoms with Crippen LogP contribution in [0.3, 0.4) is 0 Å². The van der Waals surface area contributed by atoms with Crippen LogP contribution in [-0.2, 0) is 11.3 Å². The van der Waals surface area contributed by atoms with Gasteiger partial charge in [-0.05, 0) is 19.0 Å². The van der Waals surface area contributed by atoms with Gasteiger partial charge in [0.15, 0.2) is 0 Å². The summed E-state index contributed by atoms with van der Waals surface area (Å²) in [6.45, 7) is 5.31. The molecule has 2 heterocycles. The van der Waals surface area contributed by atoms with E-state index >= 15 is 0 Å². The van der Waals surface area contributed by atoms with Crippen molar-refractivity contribution in [1.29, 1.82) is 0 Å². The van der Waals surface area contributed by atoms with Gasteiger partial charge in [-0.3, -0.25) is 0 Å². The SMILES string of the molecule is CCCNCc1nc(OC2CCOCC2)ccc1Cl. The lowest BCUT2D eigenvalue weighted by molar-refractivity contribution is 0.0236. The van der Waals surface area contributed by atoms with Gasteiger partial charge in [-0.1, -0.05) is 18.5 Å². The predicted octanol–water partition coefficient (Wildman–Crippen LogP) is 2.79. The van der Waals surface area contributed by atoms with Gasteiger partial charge in [0.2, 0.25) is 5.88 Å². The molecule has 0 amide bonds. The van der Waals surface area contributed by atoms with Crippen LogP contribution >= 0.6 is 11.6 Å². The number of halogens is 1. The maximum Gasteiger partial charge on any atom is 0.213 e. The Morgan fingerprint density at radius 2 is 2.21 bits per heavy atom. The highest BCUT2D eigenvalue weighted by Gasteiger charge is 2.16. The number of pyridine rings is 1. The second kappa shape index (κ2) is 7.68. The number of rotatable bonds is 6. The van der Waals surface area contributed by atoms with Crippen molar-refractivity contribution in [1.82, 2.24) is 10.3 Å². The Labute approximate surface area is 119 Å². The molecule has 1 fully saturated rings. The Kier molecular flexibility index (Phi) is 5.89. The van der Waals surface area contributed by atoms with Crippen LogP contribution in [0.4, 0.5) is 0 Å². The lowest BCUT2D eigenvalue weighted by Crippen LogP contribution is -2.26. The molecule has 1 aromatic rings. The van der Waals surface area contributed by atoms with E-state index in [1.807, 2.05) is 12.1 Å². The third kappa shape index (κ3) is 4.64. The van der Waals surface area contributed by atoms with E-state index in [0.29, 0.717) is 17.4 Å². The molecular weight excluding hydrogens is 264 g/mol. The summed E-state index contributed by atoms with van der Waals surface area (Å²) in [4.78, 5) is 4.48. The third-order valence-electron chi connectivity index (χ3n) is 3.07. The predicted molar refractivity (Wildman–Crippen MR) is 75.7 cm³/mol. The first kappa shape index (κ1) is 14.6. The van der Waals surface area contributed by atoms with Crippen molar-refractivity contribution in [2.45, 2.75) is 38.8 Å². The zero-order valence-corrected chi connectivity index (χ0v) is 12.1.